The first-order chi connectivity index (χ1) is 19.5. The molecule has 6 rings (SSSR count). The van der Waals surface area contributed by atoms with E-state index in [1.807, 2.05) is 54.6 Å². The maximum atomic E-state index is 14.1. The minimum Gasteiger partial charge on any atom is -0.496 e. The van der Waals surface area contributed by atoms with Crippen LogP contribution >= 0.6 is 27.3 Å². The summed E-state index contributed by atoms with van der Waals surface area (Å²) in [6.45, 7) is 2.02. The maximum Gasteiger partial charge on any atom is 0.338 e. The first-order valence-corrected chi connectivity index (χ1v) is 14.1. The number of methoxy groups -OCH3 is 1. The quantitative estimate of drug-likeness (QED) is 0.297. The van der Waals surface area contributed by atoms with Crippen molar-refractivity contribution >= 4 is 45.0 Å². The molecule has 3 aromatic carbocycles. The molecule has 202 valence electrons. The number of hydrogen-bond acceptors (Lipinski definition) is 8. The van der Waals surface area contributed by atoms with Crippen molar-refractivity contribution in [1.29, 1.82) is 0 Å². The summed E-state index contributed by atoms with van der Waals surface area (Å²) in [5.74, 6) is 1.22. The predicted octanol–water partition coefficient (Wildman–Crippen LogP) is 4.44. The zero-order valence-corrected chi connectivity index (χ0v) is 24.0. The van der Waals surface area contributed by atoms with Crippen LogP contribution in [0.5, 0.6) is 17.2 Å². The van der Waals surface area contributed by atoms with Crippen LogP contribution in [0.4, 0.5) is 0 Å². The minimum absolute atomic E-state index is 0.103. The number of esters is 1. The maximum absolute atomic E-state index is 14.1. The van der Waals surface area contributed by atoms with Crippen LogP contribution in [0.25, 0.3) is 11.8 Å². The Morgan fingerprint density at radius 1 is 1.12 bits per heavy atom. The van der Waals surface area contributed by atoms with Crippen LogP contribution < -0.4 is 29.1 Å². The Kier molecular flexibility index (Phi) is 7.03. The Hall–Kier alpha value is -4.15. The first-order valence-electron chi connectivity index (χ1n) is 12.5. The molecule has 8 nitrogen and oxygen atoms in total. The Morgan fingerprint density at radius 3 is 2.70 bits per heavy atom. The molecule has 0 fully saturated rings. The van der Waals surface area contributed by atoms with Crippen LogP contribution in [-0.2, 0) is 9.53 Å². The van der Waals surface area contributed by atoms with Gasteiger partial charge in [-0.05, 0) is 48.9 Å². The Balaban J connectivity index is 1.66. The second-order valence-electron chi connectivity index (χ2n) is 8.93. The van der Waals surface area contributed by atoms with Gasteiger partial charge >= 0.3 is 5.97 Å². The van der Waals surface area contributed by atoms with Crippen LogP contribution in [0.1, 0.15) is 29.7 Å². The fourth-order valence-corrected chi connectivity index (χ4v) is 6.17. The van der Waals surface area contributed by atoms with Gasteiger partial charge in [0.05, 0.1) is 35.6 Å². The van der Waals surface area contributed by atoms with Gasteiger partial charge in [-0.3, -0.25) is 9.36 Å². The summed E-state index contributed by atoms with van der Waals surface area (Å²) in [6, 6.07) is 19.6. The first kappa shape index (κ1) is 26.1. The largest absolute Gasteiger partial charge is 0.496 e. The lowest BCUT2D eigenvalue weighted by Gasteiger charge is -2.26. The van der Waals surface area contributed by atoms with E-state index in [2.05, 4.69) is 15.9 Å². The van der Waals surface area contributed by atoms with Crippen molar-refractivity contribution < 1.29 is 23.7 Å². The molecule has 10 heteroatoms. The number of carbonyl (C=O) groups is 1. The fourth-order valence-electron chi connectivity index (χ4n) is 4.80. The molecule has 3 heterocycles. The lowest BCUT2D eigenvalue weighted by molar-refractivity contribution is -0.138. The van der Waals surface area contributed by atoms with E-state index in [4.69, 9.17) is 23.9 Å². The van der Waals surface area contributed by atoms with Crippen LogP contribution in [-0.4, -0.2) is 31.0 Å². The molecule has 0 aliphatic carbocycles. The summed E-state index contributed by atoms with van der Waals surface area (Å²) in [4.78, 5) is 33.0. The van der Waals surface area contributed by atoms with E-state index in [1.54, 1.807) is 36.8 Å². The standard InChI is InChI=1S/C30H23BrN2O6S/c1-3-37-29(35)25-26(17-7-5-4-6-8-17)32-30-33(27(25)18-9-11-22-23(14-18)39-16-38-22)28(34)24(40-30)15-19-13-20(31)10-12-21(19)36-2/h4-15,27H,3,16H2,1-2H3/b24-15+/t27-/m0/s1. The van der Waals surface area contributed by atoms with Crippen molar-refractivity contribution in [3.8, 4) is 17.2 Å². The molecule has 0 spiro atoms. The van der Waals surface area contributed by atoms with Gasteiger partial charge in [-0.2, -0.15) is 0 Å². The number of aromatic nitrogens is 1. The summed E-state index contributed by atoms with van der Waals surface area (Å²) >= 11 is 4.74. The number of halogens is 1. The highest BCUT2D eigenvalue weighted by atomic mass is 79.9. The number of nitrogens with zero attached hydrogens (tertiary/aromatic N) is 2. The van der Waals surface area contributed by atoms with E-state index < -0.39 is 12.0 Å². The van der Waals surface area contributed by atoms with Gasteiger partial charge in [0.2, 0.25) is 6.79 Å². The molecule has 0 radical (unpaired) electrons. The molecule has 40 heavy (non-hydrogen) atoms. The van der Waals surface area contributed by atoms with Crippen molar-refractivity contribution in [2.75, 3.05) is 20.5 Å². The number of rotatable bonds is 6. The average Bonchev–Trinajstić information content (AvgIpc) is 3.56. The zero-order valence-electron chi connectivity index (χ0n) is 21.5. The zero-order chi connectivity index (χ0) is 27.8. The summed E-state index contributed by atoms with van der Waals surface area (Å²) in [5.41, 5.74) is 2.57. The Bertz CT molecular complexity index is 1840. The van der Waals surface area contributed by atoms with Gasteiger partial charge in [0, 0.05) is 15.6 Å². The lowest BCUT2D eigenvalue weighted by atomic mass is 9.93. The van der Waals surface area contributed by atoms with Gasteiger partial charge in [-0.15, -0.1) is 0 Å². The molecule has 0 bridgehead atoms. The third kappa shape index (κ3) is 4.63. The molecule has 0 saturated heterocycles. The van der Waals surface area contributed by atoms with Crippen molar-refractivity contribution in [2.45, 2.75) is 13.0 Å². The number of thiazole rings is 1. The molecule has 2 aliphatic rings. The highest BCUT2D eigenvalue weighted by Gasteiger charge is 2.36. The van der Waals surface area contributed by atoms with Crippen LogP contribution in [0, 0.1) is 0 Å². The molecule has 1 atom stereocenters. The monoisotopic (exact) mass is 618 g/mol. The van der Waals surface area contributed by atoms with E-state index in [0.29, 0.717) is 37.8 Å². The van der Waals surface area contributed by atoms with Gasteiger partial charge < -0.3 is 18.9 Å². The molecule has 4 aromatic rings. The smallest absolute Gasteiger partial charge is 0.338 e. The number of hydrogen-bond donors (Lipinski definition) is 0. The van der Waals surface area contributed by atoms with Crippen molar-refractivity contribution in [3.05, 3.63) is 113 Å². The van der Waals surface area contributed by atoms with Crippen LogP contribution in [0.2, 0.25) is 0 Å². The molecular weight excluding hydrogens is 596 g/mol. The molecule has 1 aromatic heterocycles. The Morgan fingerprint density at radius 2 is 1.93 bits per heavy atom. The summed E-state index contributed by atoms with van der Waals surface area (Å²) in [6.07, 6.45) is 1.78. The van der Waals surface area contributed by atoms with Gasteiger partial charge in [-0.25, -0.2) is 9.79 Å². The van der Waals surface area contributed by atoms with E-state index in [0.717, 1.165) is 15.6 Å². The fraction of sp³-hybridized carbons (Fsp3) is 0.167. The molecule has 0 amide bonds. The predicted molar refractivity (Wildman–Crippen MR) is 154 cm³/mol. The van der Waals surface area contributed by atoms with Crippen LogP contribution in [0.3, 0.4) is 0 Å². The second-order valence-corrected chi connectivity index (χ2v) is 10.9. The molecule has 2 aliphatic heterocycles. The summed E-state index contributed by atoms with van der Waals surface area (Å²) in [7, 11) is 1.58. The van der Waals surface area contributed by atoms with E-state index in [9.17, 15) is 9.59 Å². The average molecular weight is 619 g/mol. The van der Waals surface area contributed by atoms with Crippen LogP contribution in [0.15, 0.2) is 86.6 Å². The van der Waals surface area contributed by atoms with Crippen molar-refractivity contribution in [3.63, 3.8) is 0 Å². The highest BCUT2D eigenvalue weighted by molar-refractivity contribution is 9.10. The summed E-state index contributed by atoms with van der Waals surface area (Å²) in [5, 5.41) is 0. The number of fused-ring (bicyclic) bond motifs is 2. The van der Waals surface area contributed by atoms with Gasteiger partial charge in [-0.1, -0.05) is 63.7 Å². The molecular formula is C30H23BrN2O6S. The summed E-state index contributed by atoms with van der Waals surface area (Å²) < 4.78 is 25.0. The number of carbonyl (C=O) groups excluding carboxylic acids is 1. The van der Waals surface area contributed by atoms with Crippen molar-refractivity contribution in [1.82, 2.24) is 4.57 Å². The van der Waals surface area contributed by atoms with Crippen molar-refractivity contribution in [2.24, 2.45) is 4.99 Å². The third-order valence-electron chi connectivity index (χ3n) is 6.56. The van der Waals surface area contributed by atoms with Gasteiger partial charge in [0.15, 0.2) is 16.3 Å². The van der Waals surface area contributed by atoms with Gasteiger partial charge in [0.1, 0.15) is 5.75 Å². The molecule has 0 unspecified atom stereocenters. The minimum atomic E-state index is -0.813. The second kappa shape index (κ2) is 10.8. The van der Waals surface area contributed by atoms with Gasteiger partial charge in [0.25, 0.3) is 5.56 Å². The lowest BCUT2D eigenvalue weighted by Crippen LogP contribution is -2.40. The third-order valence-corrected chi connectivity index (χ3v) is 8.04. The van der Waals surface area contributed by atoms with E-state index in [-0.39, 0.29) is 24.5 Å². The Labute approximate surface area is 241 Å². The number of ether oxygens (including phenoxy) is 4. The van der Waals surface area contributed by atoms with E-state index >= 15 is 0 Å². The SMILES string of the molecule is CCOC(=O)C1=C(c2ccccc2)N=c2s/c(=C/c3cc(Br)ccc3OC)c(=O)n2[C@H]1c1ccc2c(c1)OCO2. The highest BCUT2D eigenvalue weighted by Crippen LogP contribution is 2.40. The normalized spacial score (nSPS) is 16.0. The molecule has 0 N–H and O–H groups in total. The van der Waals surface area contributed by atoms with E-state index in [1.165, 1.54) is 11.3 Å². The number of benzene rings is 3. The topological polar surface area (TPSA) is 88.4 Å². The molecule has 0 saturated carbocycles.